The number of aliphatic carboxylic acids is 1. The highest BCUT2D eigenvalue weighted by atomic mass is 35.5. The van der Waals surface area contributed by atoms with Crippen LogP contribution in [0.15, 0.2) is 0 Å². The first-order valence-electron chi connectivity index (χ1n) is 1.89. The van der Waals surface area contributed by atoms with Crippen molar-refractivity contribution in [3.8, 4) is 0 Å². The van der Waals surface area contributed by atoms with E-state index in [2.05, 4.69) is 0 Å². The summed E-state index contributed by atoms with van der Waals surface area (Å²) in [6.07, 6.45) is 3.82. The van der Waals surface area contributed by atoms with E-state index in [0.29, 0.717) is 5.75 Å². The summed E-state index contributed by atoms with van der Waals surface area (Å²) in [5, 5.41) is 8.09. The molecular weight excluding hydrogens is 148 g/mol. The lowest BCUT2D eigenvalue weighted by atomic mass is 10.8. The first-order valence-corrected chi connectivity index (χ1v) is 4.10. The molecule has 0 atom stereocenters. The highest BCUT2D eigenvalue weighted by Crippen LogP contribution is 1.80. The summed E-state index contributed by atoms with van der Waals surface area (Å²) in [7, 11) is 0.0548. The van der Waals surface area contributed by atoms with Crippen LogP contribution in [0.3, 0.4) is 0 Å². The van der Waals surface area contributed by atoms with E-state index in [1.807, 2.05) is 12.5 Å². The molecule has 0 aliphatic carbocycles. The Bertz CT molecular complexity index is 74.4. The molecular formula is C4H9ClO2S. The molecule has 0 heterocycles. The Kier molecular flexibility index (Phi) is 7.21. The molecule has 0 aliphatic rings. The zero-order chi connectivity index (χ0) is 5.86. The average Bonchev–Trinajstić information content (AvgIpc) is 1.27. The Labute approximate surface area is 58.0 Å². The van der Waals surface area contributed by atoms with Crippen LogP contribution in [0.4, 0.5) is 0 Å². The van der Waals surface area contributed by atoms with Gasteiger partial charge in [0, 0.05) is 0 Å². The van der Waals surface area contributed by atoms with Crippen LogP contribution >= 0.6 is 0 Å². The minimum atomic E-state index is -0.701. The molecule has 0 bridgehead atoms. The Hall–Kier alpha value is 0.110. The third-order valence-electron chi connectivity index (χ3n) is 0.412. The smallest absolute Gasteiger partial charge is 0.353 e. The highest BCUT2D eigenvalue weighted by Gasteiger charge is 2.07. The summed E-state index contributed by atoms with van der Waals surface area (Å²) < 4.78 is 0. The van der Waals surface area contributed by atoms with E-state index < -0.39 is 5.97 Å². The van der Waals surface area contributed by atoms with Gasteiger partial charge in [-0.25, -0.2) is 4.79 Å². The number of halogens is 1. The molecule has 0 saturated carbocycles. The monoisotopic (exact) mass is 156 g/mol. The maximum absolute atomic E-state index is 9.82. The van der Waals surface area contributed by atoms with E-state index in [1.165, 1.54) is 0 Å². The van der Waals surface area contributed by atoms with Gasteiger partial charge in [0.05, 0.1) is 12.5 Å². The van der Waals surface area contributed by atoms with Gasteiger partial charge in [0.15, 0.2) is 0 Å². The summed E-state index contributed by atoms with van der Waals surface area (Å²) in [6, 6.07) is 0. The van der Waals surface area contributed by atoms with Crippen LogP contribution in [0.1, 0.15) is 0 Å². The van der Waals surface area contributed by atoms with Crippen LogP contribution in [0.25, 0.3) is 0 Å². The van der Waals surface area contributed by atoms with Gasteiger partial charge in [-0.1, -0.05) is 0 Å². The lowest BCUT2D eigenvalue weighted by Gasteiger charge is -1.86. The Morgan fingerprint density at radius 3 is 2.00 bits per heavy atom. The Balaban J connectivity index is 0. The summed E-state index contributed by atoms with van der Waals surface area (Å²) >= 11 is 0. The molecule has 1 N–H and O–H groups in total. The average molecular weight is 157 g/mol. The molecule has 0 aliphatic heterocycles. The number of rotatable bonds is 2. The Morgan fingerprint density at radius 2 is 2.00 bits per heavy atom. The van der Waals surface area contributed by atoms with Crippen LogP contribution in [0, 0.1) is 0 Å². The quantitative estimate of drug-likeness (QED) is 0.432. The second-order valence-electron chi connectivity index (χ2n) is 1.52. The number of carboxylic acid groups (broad SMARTS) is 1. The first-order chi connectivity index (χ1) is 3.13. The van der Waals surface area contributed by atoms with Crippen molar-refractivity contribution in [3.63, 3.8) is 0 Å². The van der Waals surface area contributed by atoms with E-state index in [0.717, 1.165) is 0 Å². The number of hydrogen-bond donors (Lipinski definition) is 1. The SMILES string of the molecule is C[S+](C)CC(=O)O.[Cl-]. The lowest BCUT2D eigenvalue weighted by molar-refractivity contribution is -0.133. The number of carboxylic acids is 1. The lowest BCUT2D eigenvalue weighted by Crippen LogP contribution is -3.00. The van der Waals surface area contributed by atoms with Crippen LogP contribution in [0.5, 0.6) is 0 Å². The molecule has 0 aromatic rings. The molecule has 0 spiro atoms. The van der Waals surface area contributed by atoms with Crippen molar-refractivity contribution >= 4 is 16.9 Å². The molecule has 0 radical (unpaired) electrons. The zero-order valence-corrected chi connectivity index (χ0v) is 6.42. The summed E-state index contributed by atoms with van der Waals surface area (Å²) in [4.78, 5) is 9.82. The molecule has 8 heavy (non-hydrogen) atoms. The topological polar surface area (TPSA) is 37.3 Å². The molecule has 2 nitrogen and oxygen atoms in total. The Morgan fingerprint density at radius 1 is 1.62 bits per heavy atom. The number of hydrogen-bond acceptors (Lipinski definition) is 1. The zero-order valence-electron chi connectivity index (χ0n) is 4.85. The van der Waals surface area contributed by atoms with Crippen LogP contribution < -0.4 is 12.4 Å². The summed E-state index contributed by atoms with van der Waals surface area (Å²) in [6.45, 7) is 0. The predicted molar refractivity (Wildman–Crippen MR) is 31.7 cm³/mol. The van der Waals surface area contributed by atoms with Crippen molar-refractivity contribution in [3.05, 3.63) is 0 Å². The third-order valence-corrected chi connectivity index (χ3v) is 1.24. The van der Waals surface area contributed by atoms with E-state index in [4.69, 9.17) is 5.11 Å². The highest BCUT2D eigenvalue weighted by molar-refractivity contribution is 7.96. The van der Waals surface area contributed by atoms with Gasteiger partial charge in [-0.05, 0) is 10.9 Å². The third kappa shape index (κ3) is 9.44. The molecule has 0 unspecified atom stereocenters. The molecule has 0 fully saturated rings. The summed E-state index contributed by atoms with van der Waals surface area (Å²) in [5.74, 6) is -0.395. The second kappa shape index (κ2) is 5.25. The van der Waals surface area contributed by atoms with Gasteiger partial charge in [-0.3, -0.25) is 0 Å². The van der Waals surface area contributed by atoms with Gasteiger partial charge < -0.3 is 17.5 Å². The van der Waals surface area contributed by atoms with E-state index >= 15 is 0 Å². The van der Waals surface area contributed by atoms with Crippen LogP contribution in [-0.2, 0) is 15.7 Å². The van der Waals surface area contributed by atoms with Crippen molar-refractivity contribution in [1.29, 1.82) is 0 Å². The van der Waals surface area contributed by atoms with Gasteiger partial charge in [0.2, 0.25) is 5.75 Å². The van der Waals surface area contributed by atoms with Gasteiger partial charge in [-0.15, -0.1) is 0 Å². The van der Waals surface area contributed by atoms with E-state index in [9.17, 15) is 4.79 Å². The molecule has 0 saturated heterocycles. The van der Waals surface area contributed by atoms with Crippen molar-refractivity contribution in [2.45, 2.75) is 0 Å². The first kappa shape index (κ1) is 11.0. The normalized spacial score (nSPS) is 8.38. The second-order valence-corrected chi connectivity index (χ2v) is 3.78. The van der Waals surface area contributed by atoms with Gasteiger partial charge in [0.25, 0.3) is 0 Å². The number of carbonyl (C=O) groups is 1. The minimum absolute atomic E-state index is 0. The maximum atomic E-state index is 9.82. The molecule has 0 rings (SSSR count). The molecule has 0 amide bonds. The fourth-order valence-corrected chi connectivity index (χ4v) is 0.741. The van der Waals surface area contributed by atoms with Crippen LogP contribution in [0.2, 0.25) is 0 Å². The maximum Gasteiger partial charge on any atom is 0.353 e. The van der Waals surface area contributed by atoms with E-state index in [-0.39, 0.29) is 23.3 Å². The molecule has 4 heteroatoms. The van der Waals surface area contributed by atoms with Gasteiger partial charge in [0.1, 0.15) is 0 Å². The minimum Gasteiger partial charge on any atom is -1.00 e. The largest absolute Gasteiger partial charge is 1.00 e. The van der Waals surface area contributed by atoms with Crippen molar-refractivity contribution in [2.24, 2.45) is 0 Å². The molecule has 50 valence electrons. The summed E-state index contributed by atoms with van der Waals surface area (Å²) in [5.41, 5.74) is 0. The van der Waals surface area contributed by atoms with Crippen molar-refractivity contribution in [2.75, 3.05) is 18.3 Å². The van der Waals surface area contributed by atoms with Crippen LogP contribution in [-0.4, -0.2) is 29.3 Å². The van der Waals surface area contributed by atoms with E-state index in [1.54, 1.807) is 0 Å². The molecule has 0 aromatic heterocycles. The van der Waals surface area contributed by atoms with Crippen molar-refractivity contribution in [1.82, 2.24) is 0 Å². The molecule has 0 aromatic carbocycles. The predicted octanol–water partition coefficient (Wildman–Crippen LogP) is -3.05. The fraction of sp³-hybridized carbons (Fsp3) is 0.750. The fourth-order valence-electron chi connectivity index (χ4n) is 0.247. The van der Waals surface area contributed by atoms with Crippen molar-refractivity contribution < 1.29 is 22.3 Å². The van der Waals surface area contributed by atoms with Gasteiger partial charge in [-0.2, -0.15) is 0 Å². The standard InChI is InChI=1S/C4H8O2S.ClH/c1-7(2)3-4(5)6;/h3H2,1-2H3;1H. The van der Waals surface area contributed by atoms with Gasteiger partial charge >= 0.3 is 5.97 Å².